The second-order valence-electron chi connectivity index (χ2n) is 14.4. The van der Waals surface area contributed by atoms with Crippen LogP contribution in [-0.4, -0.2) is 19.5 Å². The van der Waals surface area contributed by atoms with Gasteiger partial charge in [0.15, 0.2) is 17.5 Å². The normalized spacial score (nSPS) is 11.9. The van der Waals surface area contributed by atoms with Crippen molar-refractivity contribution in [2.75, 3.05) is 0 Å². The molecule has 0 aliphatic rings. The van der Waals surface area contributed by atoms with Gasteiger partial charge >= 0.3 is 0 Å². The SMILES string of the molecule is c1ccc(-c2nc(-c3ccccc3)nc(-c3ccc4oc5ccc(-c6ccc7oc8cccc(-n9c%10ccccc%10c%10ccccc%109)c8c7c6)cc5c4c3)n2)cc1. The van der Waals surface area contributed by atoms with E-state index in [1.54, 1.807) is 0 Å². The zero-order chi connectivity index (χ0) is 37.5. The van der Waals surface area contributed by atoms with Crippen molar-refractivity contribution in [2.24, 2.45) is 0 Å². The minimum Gasteiger partial charge on any atom is -0.456 e. The molecule has 0 fully saturated rings. The van der Waals surface area contributed by atoms with Crippen molar-refractivity contribution >= 4 is 65.7 Å². The third-order valence-corrected chi connectivity index (χ3v) is 11.1. The summed E-state index contributed by atoms with van der Waals surface area (Å²) in [4.78, 5) is 14.8. The van der Waals surface area contributed by atoms with E-state index in [-0.39, 0.29) is 0 Å². The lowest BCUT2D eigenvalue weighted by Gasteiger charge is -2.10. The summed E-state index contributed by atoms with van der Waals surface area (Å²) < 4.78 is 15.3. The maximum absolute atomic E-state index is 6.51. The van der Waals surface area contributed by atoms with Crippen molar-refractivity contribution in [2.45, 2.75) is 0 Å². The van der Waals surface area contributed by atoms with Gasteiger partial charge in [-0.05, 0) is 77.9 Å². The van der Waals surface area contributed by atoms with Crippen LogP contribution in [0.3, 0.4) is 0 Å². The summed E-state index contributed by atoms with van der Waals surface area (Å²) in [5.74, 6) is 1.86. The highest BCUT2D eigenvalue weighted by atomic mass is 16.3. The largest absolute Gasteiger partial charge is 0.456 e. The van der Waals surface area contributed by atoms with Crippen molar-refractivity contribution in [3.63, 3.8) is 0 Å². The number of hydrogen-bond donors (Lipinski definition) is 0. The topological polar surface area (TPSA) is 69.9 Å². The standard InChI is InChI=1S/C51H30N4O2/c1-3-12-31(13-4-1)49-52-50(32-14-5-2-6-15-32)54-51(53-49)35-24-27-45-39(30-35)38-28-33(22-25-44(38)56-45)34-23-26-46-40(29-34)48-43(20-11-21-47(48)57-46)55-41-18-9-7-16-36(41)37-17-8-10-19-42(37)55/h1-30H. The van der Waals surface area contributed by atoms with E-state index in [0.717, 1.165) is 88.4 Å². The molecule has 0 aliphatic carbocycles. The molecule has 0 spiro atoms. The van der Waals surface area contributed by atoms with E-state index in [1.807, 2.05) is 72.8 Å². The smallest absolute Gasteiger partial charge is 0.164 e. The molecule has 0 saturated heterocycles. The summed E-state index contributed by atoms with van der Waals surface area (Å²) >= 11 is 0. The van der Waals surface area contributed by atoms with Gasteiger partial charge in [-0.1, -0.05) is 115 Å². The Hall–Kier alpha value is -7.83. The van der Waals surface area contributed by atoms with Gasteiger partial charge in [0, 0.05) is 43.6 Å². The van der Waals surface area contributed by atoms with Gasteiger partial charge in [0.25, 0.3) is 0 Å². The number of para-hydroxylation sites is 2. The predicted octanol–water partition coefficient (Wildman–Crippen LogP) is 13.4. The minimum atomic E-state index is 0.603. The summed E-state index contributed by atoms with van der Waals surface area (Å²) in [5, 5.41) is 6.63. The molecule has 57 heavy (non-hydrogen) atoms. The van der Waals surface area contributed by atoms with Crippen LogP contribution in [0, 0.1) is 0 Å². The van der Waals surface area contributed by atoms with Gasteiger partial charge in [0.1, 0.15) is 22.3 Å². The van der Waals surface area contributed by atoms with E-state index in [2.05, 4.69) is 114 Å². The number of benzene rings is 8. The van der Waals surface area contributed by atoms with Gasteiger partial charge < -0.3 is 13.4 Å². The number of furan rings is 2. The molecule has 12 aromatic rings. The number of fused-ring (bicyclic) bond motifs is 9. The molecule has 12 rings (SSSR count). The first-order chi connectivity index (χ1) is 28.2. The summed E-state index contributed by atoms with van der Waals surface area (Å²) in [6.45, 7) is 0. The molecule has 6 nitrogen and oxygen atoms in total. The van der Waals surface area contributed by atoms with Gasteiger partial charge in [-0.3, -0.25) is 0 Å². The monoisotopic (exact) mass is 730 g/mol. The van der Waals surface area contributed by atoms with Crippen LogP contribution in [0.2, 0.25) is 0 Å². The molecule has 6 heteroatoms. The third kappa shape index (κ3) is 5.01. The van der Waals surface area contributed by atoms with E-state index in [0.29, 0.717) is 17.5 Å². The molecule has 4 aromatic heterocycles. The fourth-order valence-corrected chi connectivity index (χ4v) is 8.39. The third-order valence-electron chi connectivity index (χ3n) is 11.1. The van der Waals surface area contributed by atoms with E-state index >= 15 is 0 Å². The molecule has 0 unspecified atom stereocenters. The summed E-state index contributed by atoms with van der Waals surface area (Å²) in [6, 6.07) is 62.7. The molecular weight excluding hydrogens is 701 g/mol. The molecule has 0 bridgehead atoms. The molecule has 8 aromatic carbocycles. The zero-order valence-electron chi connectivity index (χ0n) is 30.4. The Kier molecular flexibility index (Phi) is 6.83. The minimum absolute atomic E-state index is 0.603. The fourth-order valence-electron chi connectivity index (χ4n) is 8.39. The van der Waals surface area contributed by atoms with Crippen LogP contribution >= 0.6 is 0 Å². The Balaban J connectivity index is 1.01. The lowest BCUT2D eigenvalue weighted by Crippen LogP contribution is -2.00. The summed E-state index contributed by atoms with van der Waals surface area (Å²) in [5.41, 5.74) is 11.7. The first kappa shape index (κ1) is 31.5. The first-order valence-electron chi connectivity index (χ1n) is 19.0. The maximum atomic E-state index is 6.51. The van der Waals surface area contributed by atoms with Gasteiger partial charge in [-0.15, -0.1) is 0 Å². The first-order valence-corrected chi connectivity index (χ1v) is 19.0. The highest BCUT2D eigenvalue weighted by Gasteiger charge is 2.19. The van der Waals surface area contributed by atoms with Gasteiger partial charge in [-0.25, -0.2) is 15.0 Å². The van der Waals surface area contributed by atoms with Crippen molar-refractivity contribution in [1.82, 2.24) is 19.5 Å². The molecule has 0 N–H and O–H groups in total. The summed E-state index contributed by atoms with van der Waals surface area (Å²) in [7, 11) is 0. The number of rotatable bonds is 5. The second-order valence-corrected chi connectivity index (χ2v) is 14.4. The summed E-state index contributed by atoms with van der Waals surface area (Å²) in [6.07, 6.45) is 0. The quantitative estimate of drug-likeness (QED) is 0.176. The van der Waals surface area contributed by atoms with Crippen molar-refractivity contribution in [3.05, 3.63) is 182 Å². The molecule has 0 aliphatic heterocycles. The van der Waals surface area contributed by atoms with Gasteiger partial charge in [0.2, 0.25) is 0 Å². The Labute approximate surface area is 325 Å². The lowest BCUT2D eigenvalue weighted by atomic mass is 10.00. The Morgan fingerprint density at radius 1 is 0.316 bits per heavy atom. The van der Waals surface area contributed by atoms with Crippen LogP contribution in [0.5, 0.6) is 0 Å². The molecule has 0 atom stereocenters. The second kappa shape index (κ2) is 12.3. The van der Waals surface area contributed by atoms with Crippen LogP contribution in [0.4, 0.5) is 0 Å². The van der Waals surface area contributed by atoms with Crippen LogP contribution < -0.4 is 0 Å². The molecule has 0 radical (unpaired) electrons. The highest BCUT2D eigenvalue weighted by Crippen LogP contribution is 2.41. The van der Waals surface area contributed by atoms with E-state index < -0.39 is 0 Å². The Morgan fingerprint density at radius 3 is 1.37 bits per heavy atom. The van der Waals surface area contributed by atoms with E-state index in [1.165, 1.54) is 10.8 Å². The lowest BCUT2D eigenvalue weighted by molar-refractivity contribution is 0.668. The van der Waals surface area contributed by atoms with Crippen molar-refractivity contribution < 1.29 is 8.83 Å². The molecule has 266 valence electrons. The van der Waals surface area contributed by atoms with Crippen molar-refractivity contribution in [3.8, 4) is 51.0 Å². The predicted molar refractivity (Wildman–Crippen MR) is 230 cm³/mol. The molecule has 0 amide bonds. The van der Waals surface area contributed by atoms with Crippen molar-refractivity contribution in [1.29, 1.82) is 0 Å². The highest BCUT2D eigenvalue weighted by molar-refractivity contribution is 6.15. The number of aromatic nitrogens is 4. The maximum Gasteiger partial charge on any atom is 0.164 e. The Morgan fingerprint density at radius 2 is 0.772 bits per heavy atom. The van der Waals surface area contributed by atoms with Crippen LogP contribution in [0.1, 0.15) is 0 Å². The Bertz CT molecular complexity index is 3410. The van der Waals surface area contributed by atoms with Gasteiger partial charge in [0.05, 0.1) is 22.1 Å². The van der Waals surface area contributed by atoms with Gasteiger partial charge in [-0.2, -0.15) is 0 Å². The number of nitrogens with zero attached hydrogens (tertiary/aromatic N) is 4. The van der Waals surface area contributed by atoms with Crippen LogP contribution in [0.15, 0.2) is 191 Å². The molecule has 4 heterocycles. The van der Waals surface area contributed by atoms with Crippen LogP contribution in [0.25, 0.3) is 117 Å². The van der Waals surface area contributed by atoms with Crippen LogP contribution in [-0.2, 0) is 0 Å². The molecular formula is C51H30N4O2. The fraction of sp³-hybridized carbons (Fsp3) is 0. The average Bonchev–Trinajstić information content (AvgIpc) is 3.95. The van der Waals surface area contributed by atoms with E-state index in [9.17, 15) is 0 Å². The number of hydrogen-bond acceptors (Lipinski definition) is 5. The zero-order valence-corrected chi connectivity index (χ0v) is 30.4. The molecule has 0 saturated carbocycles. The average molecular weight is 731 g/mol. The van der Waals surface area contributed by atoms with E-state index in [4.69, 9.17) is 23.8 Å².